The SMILES string of the molecule is CC(=O)Oc1c(C(C)=O)c(-c2ccccc2)cc2ccccc12. The van der Waals surface area contributed by atoms with Gasteiger partial charge in [0.05, 0.1) is 5.56 Å². The van der Waals surface area contributed by atoms with Gasteiger partial charge in [-0.2, -0.15) is 0 Å². The van der Waals surface area contributed by atoms with E-state index in [0.29, 0.717) is 11.3 Å². The van der Waals surface area contributed by atoms with E-state index in [0.717, 1.165) is 21.9 Å². The fraction of sp³-hybridized carbons (Fsp3) is 0.100. The first-order valence-corrected chi connectivity index (χ1v) is 7.38. The van der Waals surface area contributed by atoms with Gasteiger partial charge in [-0.3, -0.25) is 9.59 Å². The zero-order chi connectivity index (χ0) is 16.4. The van der Waals surface area contributed by atoms with Gasteiger partial charge < -0.3 is 4.74 Å². The molecular formula is C20H16O3. The van der Waals surface area contributed by atoms with Gasteiger partial charge in [0, 0.05) is 12.3 Å². The number of hydrogen-bond donors (Lipinski definition) is 0. The summed E-state index contributed by atoms with van der Waals surface area (Å²) in [4.78, 5) is 23.8. The molecule has 0 aliphatic heterocycles. The minimum Gasteiger partial charge on any atom is -0.425 e. The van der Waals surface area contributed by atoms with E-state index in [9.17, 15) is 9.59 Å². The third-order valence-electron chi connectivity index (χ3n) is 3.68. The molecule has 3 nitrogen and oxygen atoms in total. The van der Waals surface area contributed by atoms with Crippen LogP contribution >= 0.6 is 0 Å². The van der Waals surface area contributed by atoms with E-state index in [4.69, 9.17) is 4.74 Å². The van der Waals surface area contributed by atoms with Crippen molar-refractivity contribution in [2.24, 2.45) is 0 Å². The smallest absolute Gasteiger partial charge is 0.308 e. The number of fused-ring (bicyclic) bond motifs is 1. The molecule has 0 N–H and O–H groups in total. The summed E-state index contributed by atoms with van der Waals surface area (Å²) in [5.41, 5.74) is 2.12. The lowest BCUT2D eigenvalue weighted by Crippen LogP contribution is -2.08. The Morgan fingerprint density at radius 3 is 2.17 bits per heavy atom. The fourth-order valence-electron chi connectivity index (χ4n) is 2.76. The van der Waals surface area contributed by atoms with Crippen LogP contribution in [0.1, 0.15) is 24.2 Å². The Bertz CT molecular complexity index is 895. The summed E-state index contributed by atoms with van der Waals surface area (Å²) in [6.45, 7) is 2.83. The Morgan fingerprint density at radius 2 is 1.52 bits per heavy atom. The molecule has 114 valence electrons. The van der Waals surface area contributed by atoms with Gasteiger partial charge in [-0.1, -0.05) is 54.6 Å². The molecule has 0 aliphatic carbocycles. The van der Waals surface area contributed by atoms with Crippen molar-refractivity contribution in [1.82, 2.24) is 0 Å². The fourth-order valence-corrected chi connectivity index (χ4v) is 2.76. The van der Waals surface area contributed by atoms with E-state index in [1.54, 1.807) is 0 Å². The van der Waals surface area contributed by atoms with E-state index >= 15 is 0 Å². The average Bonchev–Trinajstić information content (AvgIpc) is 2.54. The van der Waals surface area contributed by atoms with Crippen molar-refractivity contribution in [1.29, 1.82) is 0 Å². The number of ether oxygens (including phenoxy) is 1. The molecule has 0 aliphatic rings. The monoisotopic (exact) mass is 304 g/mol. The predicted molar refractivity (Wildman–Crippen MR) is 90.7 cm³/mol. The molecule has 3 heteroatoms. The number of hydrogen-bond acceptors (Lipinski definition) is 3. The number of carbonyl (C=O) groups excluding carboxylic acids is 2. The van der Waals surface area contributed by atoms with E-state index in [1.165, 1.54) is 13.8 Å². The lowest BCUT2D eigenvalue weighted by atomic mass is 9.92. The normalized spacial score (nSPS) is 10.5. The highest BCUT2D eigenvalue weighted by Gasteiger charge is 2.20. The standard InChI is InChI=1S/C20H16O3/c1-13(21)19-18(15-8-4-3-5-9-15)12-16-10-6-7-11-17(16)20(19)23-14(2)22/h3-12H,1-2H3. The zero-order valence-corrected chi connectivity index (χ0v) is 13.0. The van der Waals surface area contributed by atoms with Crippen LogP contribution in [0.2, 0.25) is 0 Å². The summed E-state index contributed by atoms with van der Waals surface area (Å²) in [5, 5.41) is 1.68. The molecule has 0 aromatic heterocycles. The summed E-state index contributed by atoms with van der Waals surface area (Å²) in [7, 11) is 0. The predicted octanol–water partition coefficient (Wildman–Crippen LogP) is 4.63. The topological polar surface area (TPSA) is 43.4 Å². The average molecular weight is 304 g/mol. The third-order valence-corrected chi connectivity index (χ3v) is 3.68. The molecule has 3 rings (SSSR count). The first kappa shape index (κ1) is 15.0. The van der Waals surface area contributed by atoms with Crippen molar-refractivity contribution in [2.75, 3.05) is 0 Å². The number of carbonyl (C=O) groups is 2. The van der Waals surface area contributed by atoms with Crippen LogP contribution < -0.4 is 4.74 Å². The lowest BCUT2D eigenvalue weighted by Gasteiger charge is -2.15. The molecular weight excluding hydrogens is 288 g/mol. The second-order valence-corrected chi connectivity index (χ2v) is 5.37. The largest absolute Gasteiger partial charge is 0.425 e. The highest BCUT2D eigenvalue weighted by Crippen LogP contribution is 2.38. The first-order valence-electron chi connectivity index (χ1n) is 7.38. The molecule has 3 aromatic carbocycles. The maximum absolute atomic E-state index is 12.3. The Morgan fingerprint density at radius 1 is 0.870 bits per heavy atom. The van der Waals surface area contributed by atoms with Crippen molar-refractivity contribution in [3.8, 4) is 16.9 Å². The van der Waals surface area contributed by atoms with Crippen LogP contribution in [0, 0.1) is 0 Å². The molecule has 0 amide bonds. The number of rotatable bonds is 3. The van der Waals surface area contributed by atoms with E-state index in [-0.39, 0.29) is 5.78 Å². The van der Waals surface area contributed by atoms with Gasteiger partial charge in [0.15, 0.2) is 5.78 Å². The highest BCUT2D eigenvalue weighted by molar-refractivity contribution is 6.10. The summed E-state index contributed by atoms with van der Waals surface area (Å²) < 4.78 is 5.42. The molecule has 0 bridgehead atoms. The van der Waals surface area contributed by atoms with Gasteiger partial charge in [0.25, 0.3) is 0 Å². The van der Waals surface area contributed by atoms with Gasteiger partial charge in [0.2, 0.25) is 0 Å². The Hall–Kier alpha value is -2.94. The first-order chi connectivity index (χ1) is 11.1. The Labute approximate surface area is 134 Å². The summed E-state index contributed by atoms with van der Waals surface area (Å²) in [6, 6.07) is 19.2. The van der Waals surface area contributed by atoms with Crippen LogP contribution in [0.3, 0.4) is 0 Å². The maximum Gasteiger partial charge on any atom is 0.308 e. The number of benzene rings is 3. The van der Waals surface area contributed by atoms with Crippen molar-refractivity contribution in [3.63, 3.8) is 0 Å². The number of ketones is 1. The van der Waals surface area contributed by atoms with Crippen molar-refractivity contribution >= 4 is 22.5 Å². The molecule has 0 atom stereocenters. The van der Waals surface area contributed by atoms with Gasteiger partial charge in [-0.25, -0.2) is 0 Å². The van der Waals surface area contributed by atoms with E-state index in [1.807, 2.05) is 60.7 Å². The molecule has 0 saturated carbocycles. The zero-order valence-electron chi connectivity index (χ0n) is 13.0. The second-order valence-electron chi connectivity index (χ2n) is 5.37. The minimum absolute atomic E-state index is 0.133. The van der Waals surface area contributed by atoms with Crippen LogP contribution in [0.15, 0.2) is 60.7 Å². The molecule has 23 heavy (non-hydrogen) atoms. The molecule has 3 aromatic rings. The van der Waals surface area contributed by atoms with Crippen LogP contribution in [-0.4, -0.2) is 11.8 Å². The van der Waals surface area contributed by atoms with Crippen molar-refractivity contribution in [2.45, 2.75) is 13.8 Å². The molecule has 0 unspecified atom stereocenters. The minimum atomic E-state index is -0.442. The van der Waals surface area contributed by atoms with Crippen molar-refractivity contribution < 1.29 is 14.3 Å². The molecule has 0 radical (unpaired) electrons. The highest BCUT2D eigenvalue weighted by atomic mass is 16.5. The molecule has 0 saturated heterocycles. The van der Waals surface area contributed by atoms with Crippen molar-refractivity contribution in [3.05, 3.63) is 66.2 Å². The molecule has 0 spiro atoms. The molecule has 0 heterocycles. The third kappa shape index (κ3) is 2.86. The number of esters is 1. The Kier molecular flexibility index (Phi) is 3.94. The molecule has 0 fully saturated rings. The van der Waals surface area contributed by atoms with Gasteiger partial charge >= 0.3 is 5.97 Å². The van der Waals surface area contributed by atoms with Crippen LogP contribution in [0.25, 0.3) is 21.9 Å². The second kappa shape index (κ2) is 6.05. The van der Waals surface area contributed by atoms with Crippen LogP contribution in [0.4, 0.5) is 0 Å². The maximum atomic E-state index is 12.3. The van der Waals surface area contributed by atoms with E-state index < -0.39 is 5.97 Å². The Balaban J connectivity index is 2.42. The quantitative estimate of drug-likeness (QED) is 0.402. The number of Topliss-reactive ketones (excluding diaryl/α,β-unsaturated/α-hetero) is 1. The van der Waals surface area contributed by atoms with Gasteiger partial charge in [0.1, 0.15) is 5.75 Å². The summed E-state index contributed by atoms with van der Waals surface area (Å²) >= 11 is 0. The van der Waals surface area contributed by atoms with E-state index in [2.05, 4.69) is 0 Å². The lowest BCUT2D eigenvalue weighted by molar-refractivity contribution is -0.131. The van der Waals surface area contributed by atoms with Gasteiger partial charge in [-0.15, -0.1) is 0 Å². The van der Waals surface area contributed by atoms with Crippen LogP contribution in [0.5, 0.6) is 5.75 Å². The van der Waals surface area contributed by atoms with Gasteiger partial charge in [-0.05, 0) is 29.5 Å². The van der Waals surface area contributed by atoms with Crippen LogP contribution in [-0.2, 0) is 4.79 Å². The summed E-state index contributed by atoms with van der Waals surface area (Å²) in [6.07, 6.45) is 0. The summed E-state index contributed by atoms with van der Waals surface area (Å²) in [5.74, 6) is -0.240.